The largest absolute Gasteiger partial charge is 0.507 e. The molecule has 0 unspecified atom stereocenters. The molecule has 1 aromatic carbocycles. The van der Waals surface area contributed by atoms with E-state index < -0.39 is 0 Å². The molecule has 1 aromatic rings. The highest BCUT2D eigenvalue weighted by Crippen LogP contribution is 2.24. The van der Waals surface area contributed by atoms with Gasteiger partial charge in [-0.15, -0.1) is 0 Å². The van der Waals surface area contributed by atoms with Crippen LogP contribution in [0.4, 0.5) is 0 Å². The molecule has 21 heavy (non-hydrogen) atoms. The fourth-order valence-electron chi connectivity index (χ4n) is 1.64. The molecule has 0 spiro atoms. The summed E-state index contributed by atoms with van der Waals surface area (Å²) in [6.07, 6.45) is 0.245. The van der Waals surface area contributed by atoms with Crippen LogP contribution < -0.4 is 5.73 Å². The number of methoxy groups -OCH3 is 1. The van der Waals surface area contributed by atoms with E-state index in [0.717, 1.165) is 0 Å². The second-order valence-corrected chi connectivity index (χ2v) is 5.15. The van der Waals surface area contributed by atoms with Gasteiger partial charge in [-0.25, -0.2) is 0 Å². The molecule has 0 saturated heterocycles. The predicted octanol–water partition coefficient (Wildman–Crippen LogP) is 1.38. The first-order valence-corrected chi connectivity index (χ1v) is 7.02. The van der Waals surface area contributed by atoms with Gasteiger partial charge in [-0.2, -0.15) is 0 Å². The lowest BCUT2D eigenvalue weighted by Gasteiger charge is -2.22. The number of hydrogen-bond donors (Lipinski definition) is 3. The maximum Gasteiger partial charge on any atom is 0.254 e. The number of phenols is 1. The minimum Gasteiger partial charge on any atom is -0.507 e. The third-order valence-electron chi connectivity index (χ3n) is 2.81. The molecule has 0 radical (unpaired) electrons. The summed E-state index contributed by atoms with van der Waals surface area (Å²) >= 11 is 3.16. The van der Waals surface area contributed by atoms with E-state index in [2.05, 4.69) is 21.1 Å². The van der Waals surface area contributed by atoms with E-state index >= 15 is 0 Å². The van der Waals surface area contributed by atoms with E-state index in [1.165, 1.54) is 18.1 Å². The average molecular weight is 360 g/mol. The van der Waals surface area contributed by atoms with Gasteiger partial charge in [-0.05, 0) is 34.1 Å². The molecule has 0 aliphatic carbocycles. The van der Waals surface area contributed by atoms with Crippen molar-refractivity contribution in [2.75, 3.05) is 26.8 Å². The molecule has 7 nitrogen and oxygen atoms in total. The molecule has 8 heteroatoms. The van der Waals surface area contributed by atoms with Crippen LogP contribution in [0.25, 0.3) is 0 Å². The number of aromatic hydroxyl groups is 1. The first kappa shape index (κ1) is 17.3. The quantitative estimate of drug-likeness (QED) is 0.295. The summed E-state index contributed by atoms with van der Waals surface area (Å²) in [5, 5.41) is 21.1. The molecule has 0 aromatic heterocycles. The monoisotopic (exact) mass is 359 g/mol. The Labute approximate surface area is 131 Å². The standard InChI is InChI=1S/C13H18BrN3O4/c1-21-7-6-17(5-4-12(15)16-20)13(19)9-2-3-10(14)11(18)8-9/h2-3,8,18,20H,4-7H2,1H3,(H2,15,16). The zero-order valence-corrected chi connectivity index (χ0v) is 13.2. The number of nitrogens with zero attached hydrogens (tertiary/aromatic N) is 2. The van der Waals surface area contributed by atoms with Gasteiger partial charge in [0.2, 0.25) is 0 Å². The van der Waals surface area contributed by atoms with E-state index in [1.807, 2.05) is 0 Å². The summed E-state index contributed by atoms with van der Waals surface area (Å²) in [7, 11) is 1.54. The molecule has 4 N–H and O–H groups in total. The molecular weight excluding hydrogens is 342 g/mol. The zero-order chi connectivity index (χ0) is 15.8. The van der Waals surface area contributed by atoms with Crippen LogP contribution in [0.2, 0.25) is 0 Å². The highest BCUT2D eigenvalue weighted by molar-refractivity contribution is 9.10. The van der Waals surface area contributed by atoms with Crippen LogP contribution in [-0.2, 0) is 4.74 Å². The number of oxime groups is 1. The summed E-state index contributed by atoms with van der Waals surface area (Å²) in [5.41, 5.74) is 5.77. The van der Waals surface area contributed by atoms with E-state index in [9.17, 15) is 9.90 Å². The van der Waals surface area contributed by atoms with Crippen LogP contribution in [0.3, 0.4) is 0 Å². The predicted molar refractivity (Wildman–Crippen MR) is 81.6 cm³/mol. The second kappa shape index (κ2) is 8.48. The van der Waals surface area contributed by atoms with Crippen LogP contribution in [0.5, 0.6) is 5.75 Å². The molecule has 1 amide bonds. The molecular formula is C13H18BrN3O4. The average Bonchev–Trinajstić information content (AvgIpc) is 2.49. The van der Waals surface area contributed by atoms with Crippen LogP contribution in [0, 0.1) is 0 Å². The summed E-state index contributed by atoms with van der Waals surface area (Å²) in [6.45, 7) is 1.02. The number of hydrogen-bond acceptors (Lipinski definition) is 5. The summed E-state index contributed by atoms with van der Waals surface area (Å²) in [5.74, 6) is -0.228. The van der Waals surface area contributed by atoms with Crippen LogP contribution in [-0.4, -0.2) is 53.8 Å². The molecule has 0 bridgehead atoms. The molecule has 0 aliphatic heterocycles. The molecule has 0 saturated carbocycles. The van der Waals surface area contributed by atoms with E-state index in [1.54, 1.807) is 12.1 Å². The Morgan fingerprint density at radius 3 is 2.76 bits per heavy atom. The van der Waals surface area contributed by atoms with Crippen LogP contribution >= 0.6 is 15.9 Å². The fourth-order valence-corrected chi connectivity index (χ4v) is 1.89. The number of ether oxygens (including phenoxy) is 1. The Bertz CT molecular complexity index is 522. The van der Waals surface area contributed by atoms with Crippen molar-refractivity contribution >= 4 is 27.7 Å². The van der Waals surface area contributed by atoms with Crippen molar-refractivity contribution in [3.05, 3.63) is 28.2 Å². The SMILES string of the molecule is COCCN(CC/C(N)=N/O)C(=O)c1ccc(Br)c(O)c1. The van der Waals surface area contributed by atoms with Crippen LogP contribution in [0.15, 0.2) is 27.8 Å². The van der Waals surface area contributed by atoms with Gasteiger partial charge in [0, 0.05) is 32.2 Å². The topological polar surface area (TPSA) is 108 Å². The number of rotatable bonds is 7. The number of phenolic OH excluding ortho intramolecular Hbond substituents is 1. The van der Waals surface area contributed by atoms with Gasteiger partial charge >= 0.3 is 0 Å². The Balaban J connectivity index is 2.84. The Hall–Kier alpha value is -1.80. The fraction of sp³-hybridized carbons (Fsp3) is 0.385. The van der Waals surface area contributed by atoms with Gasteiger partial charge in [-0.3, -0.25) is 4.79 Å². The van der Waals surface area contributed by atoms with Gasteiger partial charge in [0.25, 0.3) is 5.91 Å². The minimum atomic E-state index is -0.263. The highest BCUT2D eigenvalue weighted by atomic mass is 79.9. The third kappa shape index (κ3) is 5.24. The first-order chi connectivity index (χ1) is 9.99. The normalized spacial score (nSPS) is 11.4. The van der Waals surface area contributed by atoms with Crippen molar-refractivity contribution in [1.82, 2.24) is 4.90 Å². The Kier molecular flexibility index (Phi) is 6.97. The van der Waals surface area contributed by atoms with Gasteiger partial charge in [-0.1, -0.05) is 5.16 Å². The van der Waals surface area contributed by atoms with Crippen LogP contribution in [0.1, 0.15) is 16.8 Å². The lowest BCUT2D eigenvalue weighted by molar-refractivity contribution is 0.0700. The maximum absolute atomic E-state index is 12.4. The van der Waals surface area contributed by atoms with E-state index in [0.29, 0.717) is 23.2 Å². The van der Waals surface area contributed by atoms with Crippen molar-refractivity contribution in [3.63, 3.8) is 0 Å². The number of carbonyl (C=O) groups is 1. The molecule has 0 heterocycles. The zero-order valence-electron chi connectivity index (χ0n) is 11.6. The number of halogens is 1. The molecule has 116 valence electrons. The van der Waals surface area contributed by atoms with Crippen molar-refractivity contribution in [1.29, 1.82) is 0 Å². The lowest BCUT2D eigenvalue weighted by atomic mass is 10.2. The molecule has 0 fully saturated rings. The van der Waals surface area contributed by atoms with Gasteiger partial charge in [0.05, 0.1) is 11.1 Å². The Morgan fingerprint density at radius 1 is 1.48 bits per heavy atom. The van der Waals surface area contributed by atoms with E-state index in [4.69, 9.17) is 15.7 Å². The van der Waals surface area contributed by atoms with Gasteiger partial charge in [0.15, 0.2) is 0 Å². The number of benzene rings is 1. The smallest absolute Gasteiger partial charge is 0.254 e. The van der Waals surface area contributed by atoms with E-state index in [-0.39, 0.29) is 30.5 Å². The lowest BCUT2D eigenvalue weighted by Crippen LogP contribution is -2.36. The highest BCUT2D eigenvalue weighted by Gasteiger charge is 2.17. The van der Waals surface area contributed by atoms with Gasteiger partial charge < -0.3 is 25.7 Å². The van der Waals surface area contributed by atoms with Crippen molar-refractivity contribution < 1.29 is 19.8 Å². The third-order valence-corrected chi connectivity index (χ3v) is 3.48. The number of nitrogens with two attached hydrogens (primary N) is 1. The Morgan fingerprint density at radius 2 is 2.19 bits per heavy atom. The summed E-state index contributed by atoms with van der Waals surface area (Å²) in [4.78, 5) is 13.9. The minimum absolute atomic E-state index is 0.0102. The van der Waals surface area contributed by atoms with Crippen molar-refractivity contribution in [2.24, 2.45) is 10.9 Å². The molecule has 1 rings (SSSR count). The van der Waals surface area contributed by atoms with Gasteiger partial charge in [0.1, 0.15) is 11.6 Å². The maximum atomic E-state index is 12.4. The molecule has 0 aliphatic rings. The number of carbonyl (C=O) groups excluding carboxylic acids is 1. The summed E-state index contributed by atoms with van der Waals surface area (Å²) in [6, 6.07) is 4.59. The number of amides is 1. The van der Waals surface area contributed by atoms with Crippen molar-refractivity contribution in [3.8, 4) is 5.75 Å². The second-order valence-electron chi connectivity index (χ2n) is 4.29. The summed E-state index contributed by atoms with van der Waals surface area (Å²) < 4.78 is 5.49. The molecule has 0 atom stereocenters. The number of amidine groups is 1. The first-order valence-electron chi connectivity index (χ1n) is 6.22. The van der Waals surface area contributed by atoms with Crippen molar-refractivity contribution in [2.45, 2.75) is 6.42 Å².